The first kappa shape index (κ1) is 20.7. The normalized spacial score (nSPS) is 14.0. The predicted molar refractivity (Wildman–Crippen MR) is 134 cm³/mol. The number of likely N-dealkylation sites (N-methyl/N-ethyl adjacent to an activating group) is 1. The van der Waals surface area contributed by atoms with Crippen LogP contribution in [0.15, 0.2) is 53.4 Å². The van der Waals surface area contributed by atoms with Crippen LogP contribution >= 0.6 is 34.4 Å². The summed E-state index contributed by atoms with van der Waals surface area (Å²) in [5.74, 6) is 0.953. The Balaban J connectivity index is 1.52. The summed E-state index contributed by atoms with van der Waals surface area (Å²) in [5.41, 5.74) is 4.14. The molecule has 1 amide bonds. The first-order valence-corrected chi connectivity index (χ1v) is 13.0. The van der Waals surface area contributed by atoms with Gasteiger partial charge in [0.15, 0.2) is 0 Å². The van der Waals surface area contributed by atoms with E-state index in [9.17, 15) is 4.79 Å². The first-order valence-electron chi connectivity index (χ1n) is 10.4. The third-order valence-electron chi connectivity index (χ3n) is 5.41. The molecular formula is C24H23N3OS3. The molecule has 2 aromatic heterocycles. The molecule has 2 aromatic carbocycles. The largest absolute Gasteiger partial charge is 0.313 e. The number of hydrogen-bond acceptors (Lipinski definition) is 6. The van der Waals surface area contributed by atoms with Gasteiger partial charge in [-0.15, -0.1) is 34.4 Å². The van der Waals surface area contributed by atoms with Gasteiger partial charge in [-0.1, -0.05) is 19.1 Å². The Morgan fingerprint density at radius 2 is 1.97 bits per heavy atom. The SMILES string of the molecule is CCSc1ccc(C(=O)Nc2sc3c(c2-c2nc4ccccc4s2)CCN(C)C3)cc1. The molecule has 0 atom stereocenters. The monoisotopic (exact) mass is 465 g/mol. The van der Waals surface area contributed by atoms with Gasteiger partial charge >= 0.3 is 0 Å². The van der Waals surface area contributed by atoms with E-state index in [0.29, 0.717) is 5.56 Å². The van der Waals surface area contributed by atoms with Crippen molar-refractivity contribution >= 4 is 55.6 Å². The fourth-order valence-corrected chi connectivity index (χ4v) is 6.96. The summed E-state index contributed by atoms with van der Waals surface area (Å²) in [6.07, 6.45) is 0.979. The number of carbonyl (C=O) groups excluding carboxylic acids is 1. The van der Waals surface area contributed by atoms with Gasteiger partial charge in [-0.2, -0.15) is 0 Å². The van der Waals surface area contributed by atoms with Gasteiger partial charge < -0.3 is 10.2 Å². The molecule has 1 N–H and O–H groups in total. The highest BCUT2D eigenvalue weighted by atomic mass is 32.2. The molecule has 0 saturated carbocycles. The van der Waals surface area contributed by atoms with E-state index in [4.69, 9.17) is 4.98 Å². The Kier molecular flexibility index (Phi) is 5.84. The highest BCUT2D eigenvalue weighted by molar-refractivity contribution is 7.99. The second kappa shape index (κ2) is 8.74. The van der Waals surface area contributed by atoms with Crippen LogP contribution in [0.5, 0.6) is 0 Å². The van der Waals surface area contributed by atoms with Crippen molar-refractivity contribution in [3.63, 3.8) is 0 Å². The summed E-state index contributed by atoms with van der Waals surface area (Å²) >= 11 is 5.17. The Hall–Kier alpha value is -2.19. The average Bonchev–Trinajstić information content (AvgIpc) is 3.34. The van der Waals surface area contributed by atoms with Crippen LogP contribution in [0.4, 0.5) is 5.00 Å². The zero-order chi connectivity index (χ0) is 21.4. The number of rotatable bonds is 5. The van der Waals surface area contributed by atoms with E-state index in [1.54, 1.807) is 34.4 Å². The van der Waals surface area contributed by atoms with Gasteiger partial charge in [0.25, 0.3) is 5.91 Å². The molecule has 158 valence electrons. The number of anilines is 1. The van der Waals surface area contributed by atoms with E-state index in [1.807, 2.05) is 36.4 Å². The molecule has 7 heteroatoms. The van der Waals surface area contributed by atoms with Crippen molar-refractivity contribution in [2.45, 2.75) is 24.8 Å². The van der Waals surface area contributed by atoms with Crippen LogP contribution < -0.4 is 5.32 Å². The van der Waals surface area contributed by atoms with E-state index in [-0.39, 0.29) is 5.91 Å². The molecule has 0 spiro atoms. The van der Waals surface area contributed by atoms with Crippen molar-refractivity contribution < 1.29 is 4.79 Å². The van der Waals surface area contributed by atoms with E-state index in [0.717, 1.165) is 46.4 Å². The average molecular weight is 466 g/mol. The van der Waals surface area contributed by atoms with Crippen LogP contribution in [0.1, 0.15) is 27.7 Å². The molecule has 4 nitrogen and oxygen atoms in total. The number of amides is 1. The maximum atomic E-state index is 13.1. The summed E-state index contributed by atoms with van der Waals surface area (Å²) in [6, 6.07) is 16.1. The summed E-state index contributed by atoms with van der Waals surface area (Å²) < 4.78 is 1.17. The van der Waals surface area contributed by atoms with Crippen LogP contribution in [-0.2, 0) is 13.0 Å². The van der Waals surface area contributed by atoms with E-state index >= 15 is 0 Å². The molecule has 5 rings (SSSR count). The summed E-state index contributed by atoms with van der Waals surface area (Å²) in [4.78, 5) is 22.8. The third kappa shape index (κ3) is 4.15. The van der Waals surface area contributed by atoms with Crippen LogP contribution in [0.25, 0.3) is 20.8 Å². The lowest BCUT2D eigenvalue weighted by atomic mass is 10.0. The second-order valence-electron chi connectivity index (χ2n) is 7.59. The van der Waals surface area contributed by atoms with Crippen molar-refractivity contribution in [2.75, 3.05) is 24.7 Å². The van der Waals surface area contributed by atoms with Crippen molar-refractivity contribution in [1.82, 2.24) is 9.88 Å². The quantitative estimate of drug-likeness (QED) is 0.348. The number of nitrogens with one attached hydrogen (secondary N) is 1. The predicted octanol–water partition coefficient (Wildman–Crippen LogP) is 6.38. The highest BCUT2D eigenvalue weighted by Gasteiger charge is 2.26. The number of aromatic nitrogens is 1. The summed E-state index contributed by atoms with van der Waals surface area (Å²) in [5, 5.41) is 5.12. The molecule has 0 unspecified atom stereocenters. The molecular weight excluding hydrogens is 442 g/mol. The van der Waals surface area contributed by atoms with Crippen LogP contribution in [-0.4, -0.2) is 35.1 Å². The van der Waals surface area contributed by atoms with E-state index in [2.05, 4.69) is 36.3 Å². The smallest absolute Gasteiger partial charge is 0.256 e. The Bertz CT molecular complexity index is 1210. The van der Waals surface area contributed by atoms with Crippen molar-refractivity contribution in [1.29, 1.82) is 0 Å². The molecule has 0 aliphatic carbocycles. The maximum Gasteiger partial charge on any atom is 0.256 e. The Labute approximate surface area is 194 Å². The minimum Gasteiger partial charge on any atom is -0.313 e. The van der Waals surface area contributed by atoms with Gasteiger partial charge in [0.1, 0.15) is 10.0 Å². The molecule has 0 fully saturated rings. The van der Waals surface area contributed by atoms with Gasteiger partial charge in [-0.3, -0.25) is 4.79 Å². The van der Waals surface area contributed by atoms with Gasteiger partial charge in [0.05, 0.1) is 10.2 Å². The molecule has 3 heterocycles. The number of thiophene rings is 1. The zero-order valence-corrected chi connectivity index (χ0v) is 19.9. The highest BCUT2D eigenvalue weighted by Crippen LogP contribution is 2.45. The molecule has 0 saturated heterocycles. The molecule has 1 aliphatic heterocycles. The molecule has 1 aliphatic rings. The lowest BCUT2D eigenvalue weighted by molar-refractivity contribution is 0.102. The molecule has 0 bridgehead atoms. The number of thioether (sulfide) groups is 1. The summed E-state index contributed by atoms with van der Waals surface area (Å²) in [6.45, 7) is 4.06. The fourth-order valence-electron chi connectivity index (χ4n) is 3.87. The zero-order valence-electron chi connectivity index (χ0n) is 17.5. The molecule has 0 radical (unpaired) electrons. The maximum absolute atomic E-state index is 13.1. The molecule has 31 heavy (non-hydrogen) atoms. The fraction of sp³-hybridized carbons (Fsp3) is 0.250. The van der Waals surface area contributed by atoms with Crippen molar-refractivity contribution in [3.8, 4) is 10.6 Å². The summed E-state index contributed by atoms with van der Waals surface area (Å²) in [7, 11) is 2.15. The van der Waals surface area contributed by atoms with Crippen molar-refractivity contribution in [2.24, 2.45) is 0 Å². The van der Waals surface area contributed by atoms with Gasteiger partial charge in [0.2, 0.25) is 0 Å². The minimum atomic E-state index is -0.0673. The van der Waals surface area contributed by atoms with Crippen LogP contribution in [0.3, 0.4) is 0 Å². The van der Waals surface area contributed by atoms with Crippen LogP contribution in [0, 0.1) is 0 Å². The number of fused-ring (bicyclic) bond motifs is 2. The van der Waals surface area contributed by atoms with E-state index < -0.39 is 0 Å². The van der Waals surface area contributed by atoms with Gasteiger partial charge in [0, 0.05) is 34.0 Å². The number of para-hydroxylation sites is 1. The third-order valence-corrected chi connectivity index (χ3v) is 8.49. The number of benzene rings is 2. The topological polar surface area (TPSA) is 45.2 Å². The lowest BCUT2D eigenvalue weighted by Gasteiger charge is -2.22. The Morgan fingerprint density at radius 3 is 2.74 bits per heavy atom. The Morgan fingerprint density at radius 1 is 1.16 bits per heavy atom. The van der Waals surface area contributed by atoms with Gasteiger partial charge in [-0.05, 0) is 61.2 Å². The van der Waals surface area contributed by atoms with E-state index in [1.165, 1.54) is 20.0 Å². The number of carbonyl (C=O) groups is 1. The first-order chi connectivity index (χ1) is 15.1. The lowest BCUT2D eigenvalue weighted by Crippen LogP contribution is -2.25. The van der Waals surface area contributed by atoms with Gasteiger partial charge in [-0.25, -0.2) is 4.98 Å². The number of hydrogen-bond donors (Lipinski definition) is 1. The molecule has 4 aromatic rings. The number of thiazole rings is 1. The minimum absolute atomic E-state index is 0.0673. The number of nitrogens with zero attached hydrogens (tertiary/aromatic N) is 2. The second-order valence-corrected chi connectivity index (χ2v) is 11.1. The van der Waals surface area contributed by atoms with Crippen LogP contribution in [0.2, 0.25) is 0 Å². The van der Waals surface area contributed by atoms with Crippen molar-refractivity contribution in [3.05, 3.63) is 64.5 Å². The standard InChI is InChI=1S/C24H23N3OS3/c1-3-29-16-10-8-15(9-11-16)22(28)26-24-21(17-12-13-27(2)14-20(17)31-24)23-25-18-6-4-5-7-19(18)30-23/h4-11H,3,12-14H2,1-2H3,(H,26,28).